The monoisotopic (exact) mass is 545 g/mol. The van der Waals surface area contributed by atoms with Gasteiger partial charge < -0.3 is 24.3 Å². The van der Waals surface area contributed by atoms with Gasteiger partial charge in [0.1, 0.15) is 11.8 Å². The molecule has 13 heteroatoms. The van der Waals surface area contributed by atoms with Crippen molar-refractivity contribution in [2.45, 2.75) is 47.2 Å². The average Bonchev–Trinajstić information content (AvgIpc) is 3.58. The van der Waals surface area contributed by atoms with E-state index in [1.54, 1.807) is 53.6 Å². The van der Waals surface area contributed by atoms with Gasteiger partial charge in [-0.25, -0.2) is 4.79 Å². The van der Waals surface area contributed by atoms with Crippen molar-refractivity contribution in [1.29, 1.82) is 0 Å². The Hall–Kier alpha value is -3.80. The summed E-state index contributed by atoms with van der Waals surface area (Å²) in [5.41, 5.74) is 2.59. The first-order valence-electron chi connectivity index (χ1n) is 12.4. The molecule has 3 aromatic heterocycles. The molecule has 0 saturated carbocycles. The molecule has 1 aliphatic rings. The van der Waals surface area contributed by atoms with Crippen LogP contribution in [0.15, 0.2) is 22.7 Å². The van der Waals surface area contributed by atoms with Crippen molar-refractivity contribution in [3.05, 3.63) is 52.0 Å². The Balaban J connectivity index is 1.36. The van der Waals surface area contributed by atoms with Gasteiger partial charge in [-0.05, 0) is 46.8 Å². The number of anilines is 1. The van der Waals surface area contributed by atoms with Gasteiger partial charge in [0.25, 0.3) is 5.91 Å². The Morgan fingerprint density at radius 3 is 2.39 bits per heavy atom. The number of hydrogen-bond donors (Lipinski definition) is 1. The molecule has 0 radical (unpaired) electrons. The molecule has 204 valence electrons. The van der Waals surface area contributed by atoms with Crippen LogP contribution in [0.1, 0.15) is 53.3 Å². The van der Waals surface area contributed by atoms with Crippen molar-refractivity contribution in [1.82, 2.24) is 29.4 Å². The van der Waals surface area contributed by atoms with Crippen LogP contribution in [-0.2, 0) is 16.1 Å². The number of nitrogens with one attached hydrogen (secondary N) is 1. The first-order valence-corrected chi connectivity index (χ1v) is 12.8. The van der Waals surface area contributed by atoms with E-state index in [9.17, 15) is 14.4 Å². The molecule has 0 bridgehead atoms. The number of halogens is 1. The van der Waals surface area contributed by atoms with Crippen LogP contribution in [-0.4, -0.2) is 80.1 Å². The van der Waals surface area contributed by atoms with Crippen LogP contribution in [0.5, 0.6) is 0 Å². The van der Waals surface area contributed by atoms with Crippen LogP contribution in [0, 0.1) is 20.8 Å². The van der Waals surface area contributed by atoms with E-state index in [0.29, 0.717) is 61.5 Å². The molecule has 3 aromatic rings. The summed E-state index contributed by atoms with van der Waals surface area (Å²) < 4.78 is 14.0. The highest BCUT2D eigenvalue weighted by atomic mass is 35.5. The molecule has 0 aliphatic carbocycles. The SMILES string of the molecule is CCOC(=O)N1CCN(C(=O)C(C)n2cc(NC(=O)c3ccc(Cn4nc(C)c(Cl)c4C)o3)c(C)n2)CC1. The Labute approximate surface area is 225 Å². The molecule has 4 rings (SSSR count). The summed E-state index contributed by atoms with van der Waals surface area (Å²) in [6.07, 6.45) is 1.27. The highest BCUT2D eigenvalue weighted by Gasteiger charge is 2.29. The summed E-state index contributed by atoms with van der Waals surface area (Å²) in [4.78, 5) is 41.1. The lowest BCUT2D eigenvalue weighted by Gasteiger charge is -2.35. The quantitative estimate of drug-likeness (QED) is 0.482. The Kier molecular flexibility index (Phi) is 8.10. The number of carbonyl (C=O) groups excluding carboxylic acids is 3. The minimum atomic E-state index is -0.587. The van der Waals surface area contributed by atoms with Gasteiger partial charge in [0, 0.05) is 32.4 Å². The minimum Gasteiger partial charge on any atom is -0.454 e. The fourth-order valence-corrected chi connectivity index (χ4v) is 4.39. The van der Waals surface area contributed by atoms with E-state index in [0.717, 1.165) is 11.4 Å². The van der Waals surface area contributed by atoms with Crippen molar-refractivity contribution < 1.29 is 23.5 Å². The van der Waals surface area contributed by atoms with E-state index in [-0.39, 0.29) is 17.8 Å². The van der Waals surface area contributed by atoms with Crippen molar-refractivity contribution in [3.63, 3.8) is 0 Å². The molecule has 38 heavy (non-hydrogen) atoms. The summed E-state index contributed by atoms with van der Waals surface area (Å²) in [5, 5.41) is 12.2. The Morgan fingerprint density at radius 2 is 1.76 bits per heavy atom. The number of aryl methyl sites for hydroxylation is 2. The molecule has 1 atom stereocenters. The van der Waals surface area contributed by atoms with Crippen molar-refractivity contribution in [2.75, 3.05) is 38.1 Å². The zero-order valence-electron chi connectivity index (χ0n) is 22.2. The zero-order valence-corrected chi connectivity index (χ0v) is 22.9. The number of nitrogens with zero attached hydrogens (tertiary/aromatic N) is 6. The molecule has 0 aromatic carbocycles. The number of aromatic nitrogens is 4. The molecular weight excluding hydrogens is 514 g/mol. The number of amides is 3. The predicted molar refractivity (Wildman–Crippen MR) is 139 cm³/mol. The number of piperazine rings is 1. The topological polar surface area (TPSA) is 128 Å². The third-order valence-electron chi connectivity index (χ3n) is 6.52. The van der Waals surface area contributed by atoms with Crippen LogP contribution >= 0.6 is 11.6 Å². The summed E-state index contributed by atoms with van der Waals surface area (Å²) in [6, 6.07) is 2.73. The third-order valence-corrected chi connectivity index (χ3v) is 7.07. The first kappa shape index (κ1) is 27.2. The predicted octanol–water partition coefficient (Wildman–Crippen LogP) is 3.41. The third kappa shape index (κ3) is 5.69. The molecule has 1 saturated heterocycles. The van der Waals surface area contributed by atoms with E-state index in [4.69, 9.17) is 20.8 Å². The lowest BCUT2D eigenvalue weighted by Crippen LogP contribution is -2.52. The van der Waals surface area contributed by atoms with E-state index in [1.807, 2.05) is 13.8 Å². The van der Waals surface area contributed by atoms with Gasteiger partial charge in [0.15, 0.2) is 5.76 Å². The molecule has 1 unspecified atom stereocenters. The molecule has 3 amide bonds. The van der Waals surface area contributed by atoms with Gasteiger partial charge in [0.05, 0.1) is 40.9 Å². The summed E-state index contributed by atoms with van der Waals surface area (Å²) in [6.45, 7) is 11.3. The summed E-state index contributed by atoms with van der Waals surface area (Å²) in [5.74, 6) is 0.156. The van der Waals surface area contributed by atoms with Gasteiger partial charge >= 0.3 is 6.09 Å². The zero-order chi connectivity index (χ0) is 27.6. The molecular formula is C25H32ClN7O5. The summed E-state index contributed by atoms with van der Waals surface area (Å²) >= 11 is 6.21. The Bertz CT molecular complexity index is 1340. The maximum Gasteiger partial charge on any atom is 0.409 e. The van der Waals surface area contributed by atoms with Crippen LogP contribution in [0.2, 0.25) is 5.02 Å². The second-order valence-electron chi connectivity index (χ2n) is 9.16. The lowest BCUT2D eigenvalue weighted by atomic mass is 10.2. The van der Waals surface area contributed by atoms with E-state index in [1.165, 1.54) is 4.68 Å². The molecule has 12 nitrogen and oxygen atoms in total. The number of hydrogen-bond acceptors (Lipinski definition) is 7. The largest absolute Gasteiger partial charge is 0.454 e. The highest BCUT2D eigenvalue weighted by molar-refractivity contribution is 6.31. The van der Waals surface area contributed by atoms with Crippen molar-refractivity contribution >= 4 is 35.2 Å². The van der Waals surface area contributed by atoms with E-state index < -0.39 is 11.9 Å². The molecule has 4 heterocycles. The fourth-order valence-electron chi connectivity index (χ4n) is 4.25. The summed E-state index contributed by atoms with van der Waals surface area (Å²) in [7, 11) is 0. The average molecular weight is 546 g/mol. The van der Waals surface area contributed by atoms with Crippen LogP contribution < -0.4 is 5.32 Å². The van der Waals surface area contributed by atoms with E-state index in [2.05, 4.69) is 15.5 Å². The van der Waals surface area contributed by atoms with Gasteiger partial charge in [-0.3, -0.25) is 19.0 Å². The van der Waals surface area contributed by atoms with Gasteiger partial charge in [0.2, 0.25) is 5.91 Å². The highest BCUT2D eigenvalue weighted by Crippen LogP contribution is 2.22. The molecule has 0 spiro atoms. The fraction of sp³-hybridized carbons (Fsp3) is 0.480. The lowest BCUT2D eigenvalue weighted by molar-refractivity contribution is -0.136. The van der Waals surface area contributed by atoms with Crippen LogP contribution in [0.3, 0.4) is 0 Å². The van der Waals surface area contributed by atoms with E-state index >= 15 is 0 Å². The maximum absolute atomic E-state index is 13.1. The van der Waals surface area contributed by atoms with Crippen LogP contribution in [0.4, 0.5) is 10.5 Å². The Morgan fingerprint density at radius 1 is 1.08 bits per heavy atom. The maximum atomic E-state index is 13.1. The molecule has 1 fully saturated rings. The number of furan rings is 1. The molecule has 1 aliphatic heterocycles. The smallest absolute Gasteiger partial charge is 0.409 e. The minimum absolute atomic E-state index is 0.117. The second-order valence-corrected chi connectivity index (χ2v) is 9.54. The number of rotatable bonds is 7. The second kappa shape index (κ2) is 11.3. The standard InChI is InChI=1S/C25H32ClN7O5/c1-6-37-25(36)31-11-9-30(10-12-31)24(35)18(5)33-14-20(15(2)28-33)27-23(34)21-8-7-19(38-21)13-32-17(4)22(26)16(3)29-32/h7-8,14,18H,6,9-13H2,1-5H3,(H,27,34). The molecule has 1 N–H and O–H groups in total. The van der Waals surface area contributed by atoms with Crippen molar-refractivity contribution in [3.8, 4) is 0 Å². The van der Waals surface area contributed by atoms with Gasteiger partial charge in [-0.15, -0.1) is 0 Å². The normalized spacial score (nSPS) is 14.5. The van der Waals surface area contributed by atoms with Gasteiger partial charge in [-0.1, -0.05) is 11.6 Å². The first-order chi connectivity index (χ1) is 18.1. The van der Waals surface area contributed by atoms with Gasteiger partial charge in [-0.2, -0.15) is 10.2 Å². The van der Waals surface area contributed by atoms with Crippen LogP contribution in [0.25, 0.3) is 0 Å². The number of carbonyl (C=O) groups is 3. The number of ether oxygens (including phenoxy) is 1. The van der Waals surface area contributed by atoms with Crippen molar-refractivity contribution in [2.24, 2.45) is 0 Å².